The number of pyridine rings is 1. The molecule has 0 spiro atoms. The molecule has 0 fully saturated rings. The first-order valence-corrected chi connectivity index (χ1v) is 7.09. The summed E-state index contributed by atoms with van der Waals surface area (Å²) < 4.78 is 5.06. The Morgan fingerprint density at radius 1 is 1.13 bits per heavy atom. The number of amides is 1. The summed E-state index contributed by atoms with van der Waals surface area (Å²) in [5.41, 5.74) is 4.82. The van der Waals surface area contributed by atoms with Gasteiger partial charge in [0.15, 0.2) is 0 Å². The normalized spacial score (nSPS) is 10.8. The minimum absolute atomic E-state index is 0.276. The van der Waals surface area contributed by atoms with Crippen molar-refractivity contribution < 1.29 is 9.53 Å². The first kappa shape index (κ1) is 14.7. The van der Waals surface area contributed by atoms with Crippen LogP contribution in [0.2, 0.25) is 0 Å². The summed E-state index contributed by atoms with van der Waals surface area (Å²) in [6.07, 6.45) is 3.36. The number of nitrogens with zero attached hydrogens (tertiary/aromatic N) is 2. The van der Waals surface area contributed by atoms with Gasteiger partial charge < -0.3 is 4.74 Å². The standard InChI is InChI=1S/C18H15N3O2/c1-23-15-9-7-13(8-10-15)18(22)21-20-12-14-4-2-6-17-16(14)5-3-11-19-17/h2-12H,1H3,(H,21,22). The van der Waals surface area contributed by atoms with Crippen molar-refractivity contribution in [1.82, 2.24) is 10.4 Å². The molecule has 0 aliphatic carbocycles. The van der Waals surface area contributed by atoms with Gasteiger partial charge in [0.25, 0.3) is 5.91 Å². The first-order chi connectivity index (χ1) is 11.3. The molecular weight excluding hydrogens is 290 g/mol. The van der Waals surface area contributed by atoms with Crippen molar-refractivity contribution in [3.63, 3.8) is 0 Å². The van der Waals surface area contributed by atoms with Gasteiger partial charge in [-0.3, -0.25) is 9.78 Å². The van der Waals surface area contributed by atoms with E-state index in [4.69, 9.17) is 4.74 Å². The number of hydrogen-bond donors (Lipinski definition) is 1. The number of methoxy groups -OCH3 is 1. The van der Waals surface area contributed by atoms with Gasteiger partial charge >= 0.3 is 0 Å². The lowest BCUT2D eigenvalue weighted by molar-refractivity contribution is 0.0955. The Balaban J connectivity index is 1.73. The van der Waals surface area contributed by atoms with Crippen molar-refractivity contribution >= 4 is 23.0 Å². The first-order valence-electron chi connectivity index (χ1n) is 7.09. The predicted molar refractivity (Wildman–Crippen MR) is 89.8 cm³/mol. The van der Waals surface area contributed by atoms with E-state index in [0.29, 0.717) is 11.3 Å². The fourth-order valence-electron chi connectivity index (χ4n) is 2.21. The molecule has 0 unspecified atom stereocenters. The molecule has 0 bridgehead atoms. The Morgan fingerprint density at radius 3 is 2.74 bits per heavy atom. The quantitative estimate of drug-likeness (QED) is 0.595. The Kier molecular flexibility index (Phi) is 4.29. The average molecular weight is 305 g/mol. The molecule has 114 valence electrons. The maximum Gasteiger partial charge on any atom is 0.271 e. The molecule has 0 aliphatic rings. The maximum atomic E-state index is 12.0. The fourth-order valence-corrected chi connectivity index (χ4v) is 2.21. The van der Waals surface area contributed by atoms with Crippen LogP contribution in [0.5, 0.6) is 5.75 Å². The van der Waals surface area contributed by atoms with Crippen molar-refractivity contribution in [3.8, 4) is 5.75 Å². The Morgan fingerprint density at radius 2 is 1.96 bits per heavy atom. The number of carbonyl (C=O) groups excluding carboxylic acids is 1. The summed E-state index contributed by atoms with van der Waals surface area (Å²) in [6, 6.07) is 16.4. The van der Waals surface area contributed by atoms with Crippen molar-refractivity contribution in [2.45, 2.75) is 0 Å². The van der Waals surface area contributed by atoms with Crippen LogP contribution in [0, 0.1) is 0 Å². The molecule has 1 amide bonds. The number of rotatable bonds is 4. The molecule has 3 rings (SSSR count). The fraction of sp³-hybridized carbons (Fsp3) is 0.0556. The van der Waals surface area contributed by atoms with Crippen molar-refractivity contribution in [2.75, 3.05) is 7.11 Å². The lowest BCUT2D eigenvalue weighted by Gasteiger charge is -2.03. The van der Waals surface area contributed by atoms with Gasteiger partial charge in [0.2, 0.25) is 0 Å². The highest BCUT2D eigenvalue weighted by atomic mass is 16.5. The third kappa shape index (κ3) is 3.35. The van der Waals surface area contributed by atoms with E-state index in [0.717, 1.165) is 16.5 Å². The van der Waals surface area contributed by atoms with E-state index in [9.17, 15) is 4.79 Å². The molecule has 23 heavy (non-hydrogen) atoms. The zero-order chi connectivity index (χ0) is 16.1. The van der Waals surface area contributed by atoms with E-state index in [1.807, 2.05) is 30.3 Å². The van der Waals surface area contributed by atoms with Crippen LogP contribution >= 0.6 is 0 Å². The molecule has 0 saturated heterocycles. The molecule has 2 aromatic carbocycles. The molecule has 1 N–H and O–H groups in total. The van der Waals surface area contributed by atoms with Gasteiger partial charge in [-0.1, -0.05) is 18.2 Å². The SMILES string of the molecule is COc1ccc(C(=O)NN=Cc2cccc3ncccc23)cc1. The van der Waals surface area contributed by atoms with Crippen molar-refractivity contribution in [2.24, 2.45) is 5.10 Å². The molecule has 0 atom stereocenters. The van der Waals surface area contributed by atoms with Crippen LogP contribution in [-0.4, -0.2) is 24.2 Å². The summed E-state index contributed by atoms with van der Waals surface area (Å²) in [4.78, 5) is 16.3. The van der Waals surface area contributed by atoms with Gasteiger partial charge in [0, 0.05) is 22.7 Å². The highest BCUT2D eigenvalue weighted by molar-refractivity contribution is 5.99. The zero-order valence-electron chi connectivity index (χ0n) is 12.6. The van der Waals surface area contributed by atoms with Crippen LogP contribution in [-0.2, 0) is 0 Å². The van der Waals surface area contributed by atoms with Crippen LogP contribution in [0.4, 0.5) is 0 Å². The zero-order valence-corrected chi connectivity index (χ0v) is 12.6. The maximum absolute atomic E-state index is 12.0. The van der Waals surface area contributed by atoms with Gasteiger partial charge in [-0.15, -0.1) is 0 Å². The number of nitrogens with one attached hydrogen (secondary N) is 1. The molecule has 0 aliphatic heterocycles. The van der Waals surface area contributed by atoms with E-state index < -0.39 is 0 Å². The van der Waals surface area contributed by atoms with E-state index in [-0.39, 0.29) is 5.91 Å². The third-order valence-corrected chi connectivity index (χ3v) is 3.40. The van der Waals surface area contributed by atoms with Gasteiger partial charge in [-0.25, -0.2) is 5.43 Å². The Labute approximate surface area is 133 Å². The molecule has 0 radical (unpaired) electrons. The summed E-state index contributed by atoms with van der Waals surface area (Å²) in [6.45, 7) is 0. The number of carbonyl (C=O) groups is 1. The van der Waals surface area contributed by atoms with Crippen LogP contribution in [0.1, 0.15) is 15.9 Å². The number of hydrogen-bond acceptors (Lipinski definition) is 4. The molecule has 0 saturated carbocycles. The summed E-state index contributed by atoms with van der Waals surface area (Å²) in [5, 5.41) is 5.01. The van der Waals surface area contributed by atoms with Gasteiger partial charge in [-0.05, 0) is 36.4 Å². The van der Waals surface area contributed by atoms with Crippen molar-refractivity contribution in [1.29, 1.82) is 0 Å². The van der Waals surface area contributed by atoms with E-state index in [1.165, 1.54) is 0 Å². The Bertz CT molecular complexity index is 852. The highest BCUT2D eigenvalue weighted by Gasteiger charge is 2.04. The second-order valence-electron chi connectivity index (χ2n) is 4.84. The minimum Gasteiger partial charge on any atom is -0.497 e. The Hall–Kier alpha value is -3.21. The minimum atomic E-state index is -0.276. The molecule has 5 nitrogen and oxygen atoms in total. The number of aromatic nitrogens is 1. The van der Waals surface area contributed by atoms with E-state index >= 15 is 0 Å². The van der Waals surface area contributed by atoms with Crippen LogP contribution in [0.25, 0.3) is 10.9 Å². The van der Waals surface area contributed by atoms with Gasteiger partial charge in [-0.2, -0.15) is 5.10 Å². The molecule has 1 aromatic heterocycles. The topological polar surface area (TPSA) is 63.6 Å². The lowest BCUT2D eigenvalue weighted by Crippen LogP contribution is -2.17. The van der Waals surface area contributed by atoms with Crippen LogP contribution < -0.4 is 10.2 Å². The summed E-state index contributed by atoms with van der Waals surface area (Å²) >= 11 is 0. The highest BCUT2D eigenvalue weighted by Crippen LogP contribution is 2.14. The predicted octanol–water partition coefficient (Wildman–Crippen LogP) is 3.01. The summed E-state index contributed by atoms with van der Waals surface area (Å²) in [5.74, 6) is 0.426. The number of ether oxygens (including phenoxy) is 1. The molecule has 1 heterocycles. The van der Waals surface area contributed by atoms with Crippen molar-refractivity contribution in [3.05, 3.63) is 71.9 Å². The van der Waals surface area contributed by atoms with Gasteiger partial charge in [0.1, 0.15) is 5.75 Å². The second-order valence-corrected chi connectivity index (χ2v) is 4.84. The van der Waals surface area contributed by atoms with E-state index in [1.54, 1.807) is 43.8 Å². The molecular formula is C18H15N3O2. The average Bonchev–Trinajstić information content (AvgIpc) is 2.62. The monoisotopic (exact) mass is 305 g/mol. The van der Waals surface area contributed by atoms with E-state index in [2.05, 4.69) is 15.5 Å². The lowest BCUT2D eigenvalue weighted by atomic mass is 10.1. The summed E-state index contributed by atoms with van der Waals surface area (Å²) in [7, 11) is 1.58. The number of fused-ring (bicyclic) bond motifs is 1. The van der Waals surface area contributed by atoms with Crippen LogP contribution in [0.15, 0.2) is 65.9 Å². The second kappa shape index (κ2) is 6.70. The number of benzene rings is 2. The van der Waals surface area contributed by atoms with Gasteiger partial charge in [0.05, 0.1) is 18.8 Å². The largest absolute Gasteiger partial charge is 0.497 e. The smallest absolute Gasteiger partial charge is 0.271 e. The third-order valence-electron chi connectivity index (χ3n) is 3.40. The molecule has 3 aromatic rings. The molecule has 5 heteroatoms. The van der Waals surface area contributed by atoms with Crippen LogP contribution in [0.3, 0.4) is 0 Å². The number of hydrazone groups is 1.